The van der Waals surface area contributed by atoms with Crippen LogP contribution in [-0.2, 0) is 6.42 Å². The Morgan fingerprint density at radius 1 is 1.19 bits per heavy atom. The molecule has 1 aliphatic rings. The number of nitrogens with two attached hydrogens (primary N) is 1. The summed E-state index contributed by atoms with van der Waals surface area (Å²) in [6.07, 6.45) is 4.64. The first-order chi connectivity index (χ1) is 9.91. The van der Waals surface area contributed by atoms with Gasteiger partial charge in [0.15, 0.2) is 0 Å². The maximum Gasteiger partial charge on any atom is 0.0399 e. The fourth-order valence-electron chi connectivity index (χ4n) is 3.41. The minimum Gasteiger partial charge on any atom is -0.371 e. The van der Waals surface area contributed by atoms with E-state index in [-0.39, 0.29) is 6.04 Å². The van der Waals surface area contributed by atoms with E-state index < -0.39 is 0 Å². The third-order valence-corrected chi connectivity index (χ3v) is 5.06. The first-order valence-corrected chi connectivity index (χ1v) is 8.50. The van der Waals surface area contributed by atoms with Gasteiger partial charge in [0, 0.05) is 24.8 Å². The zero-order valence-electron chi connectivity index (χ0n) is 14.2. The minimum atomic E-state index is 0.276. The minimum absolute atomic E-state index is 0.276. The van der Waals surface area contributed by atoms with Crippen LogP contribution in [0.2, 0.25) is 0 Å². The molecule has 2 rings (SSSR count). The molecule has 1 aromatic carbocycles. The van der Waals surface area contributed by atoms with Gasteiger partial charge in [-0.1, -0.05) is 45.9 Å². The summed E-state index contributed by atoms with van der Waals surface area (Å²) in [7, 11) is 0. The predicted molar refractivity (Wildman–Crippen MR) is 92.8 cm³/mol. The van der Waals surface area contributed by atoms with Gasteiger partial charge in [-0.15, -0.1) is 0 Å². The van der Waals surface area contributed by atoms with Crippen molar-refractivity contribution in [3.63, 3.8) is 0 Å². The van der Waals surface area contributed by atoms with Crippen molar-refractivity contribution in [3.05, 3.63) is 29.8 Å². The maximum absolute atomic E-state index is 6.16. The molecule has 118 valence electrons. The summed E-state index contributed by atoms with van der Waals surface area (Å²) in [5, 5.41) is 0. The summed E-state index contributed by atoms with van der Waals surface area (Å²) >= 11 is 0. The van der Waals surface area contributed by atoms with Crippen LogP contribution in [0.1, 0.15) is 52.5 Å². The molecule has 0 bridgehead atoms. The van der Waals surface area contributed by atoms with Gasteiger partial charge in [0.1, 0.15) is 0 Å². The van der Waals surface area contributed by atoms with Crippen molar-refractivity contribution in [3.8, 4) is 0 Å². The molecule has 0 radical (unpaired) electrons. The molecule has 0 aliphatic carbocycles. The number of rotatable bonds is 4. The Balaban J connectivity index is 2.06. The molecule has 1 fully saturated rings. The van der Waals surface area contributed by atoms with E-state index in [4.69, 9.17) is 5.73 Å². The summed E-state index contributed by atoms with van der Waals surface area (Å²) in [6, 6.07) is 9.10. The Bertz CT molecular complexity index is 439. The molecule has 1 aliphatic heterocycles. The highest BCUT2D eigenvalue weighted by atomic mass is 15.1. The molecular weight excluding hydrogens is 256 g/mol. The van der Waals surface area contributed by atoms with E-state index in [1.54, 1.807) is 0 Å². The third kappa shape index (κ3) is 4.23. The number of para-hydroxylation sites is 1. The Hall–Kier alpha value is -1.02. The largest absolute Gasteiger partial charge is 0.371 e. The maximum atomic E-state index is 6.16. The highest BCUT2D eigenvalue weighted by Crippen LogP contribution is 2.36. The second kappa shape index (κ2) is 6.83. The summed E-state index contributed by atoms with van der Waals surface area (Å²) in [4.78, 5) is 2.57. The highest BCUT2D eigenvalue weighted by Gasteiger charge is 2.29. The molecule has 1 saturated heterocycles. The lowest BCUT2D eigenvalue weighted by Crippen LogP contribution is -2.38. The number of nitrogens with zero attached hydrogens (tertiary/aromatic N) is 1. The summed E-state index contributed by atoms with van der Waals surface area (Å²) in [6.45, 7) is 11.7. The van der Waals surface area contributed by atoms with Gasteiger partial charge in [-0.2, -0.15) is 0 Å². The molecule has 2 heteroatoms. The van der Waals surface area contributed by atoms with Gasteiger partial charge in [0.2, 0.25) is 0 Å². The van der Waals surface area contributed by atoms with Crippen LogP contribution in [0.25, 0.3) is 0 Å². The van der Waals surface area contributed by atoms with Crippen LogP contribution in [0.15, 0.2) is 24.3 Å². The Labute approximate surface area is 130 Å². The molecule has 2 N–H and O–H groups in total. The lowest BCUT2D eigenvalue weighted by atomic mass is 9.75. The van der Waals surface area contributed by atoms with E-state index in [0.717, 1.165) is 18.8 Å². The SMILES string of the molecule is CCC(N)Cc1ccccc1N1CCC(C(C)(C)C)CC1. The topological polar surface area (TPSA) is 29.3 Å². The molecule has 1 unspecified atom stereocenters. The van der Waals surface area contributed by atoms with E-state index in [0.29, 0.717) is 5.41 Å². The second-order valence-electron chi connectivity index (χ2n) is 7.63. The van der Waals surface area contributed by atoms with Gasteiger partial charge >= 0.3 is 0 Å². The van der Waals surface area contributed by atoms with Crippen molar-refractivity contribution in [2.45, 2.75) is 59.4 Å². The van der Waals surface area contributed by atoms with Crippen LogP contribution in [0.3, 0.4) is 0 Å². The lowest BCUT2D eigenvalue weighted by molar-refractivity contribution is 0.199. The zero-order valence-corrected chi connectivity index (χ0v) is 14.2. The number of hydrogen-bond acceptors (Lipinski definition) is 2. The predicted octanol–water partition coefficient (Wildman–Crippen LogP) is 4.23. The highest BCUT2D eigenvalue weighted by molar-refractivity contribution is 5.54. The molecule has 21 heavy (non-hydrogen) atoms. The molecule has 1 atom stereocenters. The quantitative estimate of drug-likeness (QED) is 0.898. The summed E-state index contributed by atoms with van der Waals surface area (Å²) in [5.74, 6) is 0.846. The van der Waals surface area contributed by atoms with Gasteiger partial charge < -0.3 is 10.6 Å². The van der Waals surface area contributed by atoms with Crippen LogP contribution in [-0.4, -0.2) is 19.1 Å². The van der Waals surface area contributed by atoms with E-state index in [1.807, 2.05) is 0 Å². The Morgan fingerprint density at radius 3 is 2.38 bits per heavy atom. The molecule has 1 heterocycles. The normalized spacial score (nSPS) is 18.8. The fourth-order valence-corrected chi connectivity index (χ4v) is 3.41. The number of benzene rings is 1. The van der Waals surface area contributed by atoms with Gasteiger partial charge in [0.05, 0.1) is 0 Å². The number of anilines is 1. The van der Waals surface area contributed by atoms with Crippen LogP contribution < -0.4 is 10.6 Å². The number of piperidine rings is 1. The first-order valence-electron chi connectivity index (χ1n) is 8.50. The molecule has 0 spiro atoms. The van der Waals surface area contributed by atoms with Crippen molar-refractivity contribution in [1.82, 2.24) is 0 Å². The van der Waals surface area contributed by atoms with Crippen molar-refractivity contribution in [1.29, 1.82) is 0 Å². The zero-order chi connectivity index (χ0) is 15.5. The van der Waals surface area contributed by atoms with Crippen molar-refractivity contribution in [2.75, 3.05) is 18.0 Å². The standard InChI is InChI=1S/C19H32N2/c1-5-17(20)14-15-8-6-7-9-18(15)21-12-10-16(11-13-21)19(2,3)4/h6-9,16-17H,5,10-14,20H2,1-4H3. The van der Waals surface area contributed by atoms with Gasteiger partial charge in [0.25, 0.3) is 0 Å². The first kappa shape index (κ1) is 16.4. The average molecular weight is 288 g/mol. The Kier molecular flexibility index (Phi) is 5.32. The van der Waals surface area contributed by atoms with Crippen LogP contribution in [0.5, 0.6) is 0 Å². The van der Waals surface area contributed by atoms with Crippen molar-refractivity contribution < 1.29 is 0 Å². The summed E-state index contributed by atoms with van der Waals surface area (Å²) < 4.78 is 0. The second-order valence-corrected chi connectivity index (χ2v) is 7.63. The monoisotopic (exact) mass is 288 g/mol. The van der Waals surface area contributed by atoms with Crippen molar-refractivity contribution in [2.24, 2.45) is 17.1 Å². The lowest BCUT2D eigenvalue weighted by Gasteiger charge is -2.40. The van der Waals surface area contributed by atoms with Gasteiger partial charge in [-0.25, -0.2) is 0 Å². The average Bonchev–Trinajstić information content (AvgIpc) is 2.47. The smallest absolute Gasteiger partial charge is 0.0399 e. The Morgan fingerprint density at radius 2 is 1.81 bits per heavy atom. The number of hydrogen-bond donors (Lipinski definition) is 1. The van der Waals surface area contributed by atoms with Gasteiger partial charge in [-0.3, -0.25) is 0 Å². The summed E-state index contributed by atoms with van der Waals surface area (Å²) in [5.41, 5.74) is 9.43. The molecule has 1 aromatic rings. The van der Waals surface area contributed by atoms with Gasteiger partial charge in [-0.05, 0) is 48.6 Å². The fraction of sp³-hybridized carbons (Fsp3) is 0.684. The molecule has 0 amide bonds. The molecule has 0 aromatic heterocycles. The van der Waals surface area contributed by atoms with E-state index >= 15 is 0 Å². The molecule has 2 nitrogen and oxygen atoms in total. The van der Waals surface area contributed by atoms with Crippen LogP contribution in [0.4, 0.5) is 5.69 Å². The van der Waals surface area contributed by atoms with Crippen LogP contribution in [0, 0.1) is 11.3 Å². The van der Waals surface area contributed by atoms with E-state index in [1.165, 1.54) is 37.2 Å². The molecule has 0 saturated carbocycles. The van der Waals surface area contributed by atoms with Crippen molar-refractivity contribution >= 4 is 5.69 Å². The molecular formula is C19H32N2. The van der Waals surface area contributed by atoms with Crippen LogP contribution >= 0.6 is 0 Å². The van der Waals surface area contributed by atoms with E-state index in [2.05, 4.69) is 56.9 Å². The van der Waals surface area contributed by atoms with E-state index in [9.17, 15) is 0 Å². The third-order valence-electron chi connectivity index (χ3n) is 5.06.